The molecule has 1 aromatic rings. The highest BCUT2D eigenvalue weighted by Gasteiger charge is 2.10. The molecule has 0 unspecified atom stereocenters. The first-order valence-electron chi connectivity index (χ1n) is 4.50. The van der Waals surface area contributed by atoms with Crippen molar-refractivity contribution in [3.8, 4) is 11.8 Å². The lowest BCUT2D eigenvalue weighted by Crippen LogP contribution is -1.98. The monoisotopic (exact) mass is 215 g/mol. The largest absolute Gasteiger partial charge is 0.481 e. The molecule has 0 saturated carbocycles. The molecule has 0 aromatic carbocycles. The molecule has 78 valence electrons. The maximum atomic E-state index is 5.95. The summed E-state index contributed by atoms with van der Waals surface area (Å²) < 4.78 is 10.1. The zero-order chi connectivity index (χ0) is 10.6. The Kier molecular flexibility index (Phi) is 4.01. The highest BCUT2D eigenvalue weighted by molar-refractivity contribution is 6.31. The Morgan fingerprint density at radius 3 is 2.43 bits per heavy atom. The van der Waals surface area contributed by atoms with Crippen LogP contribution in [0.2, 0.25) is 5.02 Å². The van der Waals surface area contributed by atoms with E-state index < -0.39 is 0 Å². The van der Waals surface area contributed by atoms with E-state index in [1.165, 1.54) is 7.11 Å². The van der Waals surface area contributed by atoms with Crippen molar-refractivity contribution < 1.29 is 9.47 Å². The number of hydrogen-bond donors (Lipinski definition) is 0. The topological polar surface area (TPSA) is 31.4 Å². The molecule has 0 radical (unpaired) electrons. The Bertz CT molecular complexity index is 315. The minimum Gasteiger partial charge on any atom is -0.481 e. The lowest BCUT2D eigenvalue weighted by Gasteiger charge is -2.09. The summed E-state index contributed by atoms with van der Waals surface area (Å²) in [5.41, 5.74) is 1.01. The Balaban J connectivity index is 3.10. The van der Waals surface area contributed by atoms with E-state index in [4.69, 9.17) is 21.1 Å². The molecule has 0 aliphatic carbocycles. The number of aryl methyl sites for hydroxylation is 1. The van der Waals surface area contributed by atoms with Gasteiger partial charge in [0.2, 0.25) is 11.8 Å². The quantitative estimate of drug-likeness (QED) is 0.774. The van der Waals surface area contributed by atoms with Gasteiger partial charge in [0, 0.05) is 5.56 Å². The Morgan fingerprint density at radius 1 is 1.29 bits per heavy atom. The van der Waals surface area contributed by atoms with Crippen LogP contribution in [0.1, 0.15) is 18.9 Å². The van der Waals surface area contributed by atoms with Crippen molar-refractivity contribution in [2.24, 2.45) is 0 Å². The lowest BCUT2D eigenvalue weighted by atomic mass is 10.1. The van der Waals surface area contributed by atoms with Gasteiger partial charge in [-0.25, -0.2) is 0 Å². The highest BCUT2D eigenvalue weighted by Crippen LogP contribution is 2.29. The smallest absolute Gasteiger partial charge is 0.235 e. The van der Waals surface area contributed by atoms with Crippen LogP contribution in [0, 0.1) is 0 Å². The number of pyridine rings is 1. The van der Waals surface area contributed by atoms with E-state index in [0.717, 1.165) is 18.4 Å². The van der Waals surface area contributed by atoms with Gasteiger partial charge < -0.3 is 9.47 Å². The van der Waals surface area contributed by atoms with E-state index in [1.54, 1.807) is 7.11 Å². The van der Waals surface area contributed by atoms with E-state index in [2.05, 4.69) is 11.9 Å². The van der Waals surface area contributed by atoms with Crippen molar-refractivity contribution in [3.63, 3.8) is 0 Å². The van der Waals surface area contributed by atoms with Crippen molar-refractivity contribution >= 4 is 11.6 Å². The van der Waals surface area contributed by atoms with Crippen LogP contribution in [0.3, 0.4) is 0 Å². The van der Waals surface area contributed by atoms with Gasteiger partial charge >= 0.3 is 0 Å². The van der Waals surface area contributed by atoms with Crippen LogP contribution in [0.25, 0.3) is 0 Å². The summed E-state index contributed by atoms with van der Waals surface area (Å²) in [6.45, 7) is 2.09. The number of hydrogen-bond acceptors (Lipinski definition) is 3. The molecule has 1 aromatic heterocycles. The van der Waals surface area contributed by atoms with Gasteiger partial charge in [0.1, 0.15) is 5.02 Å². The molecule has 4 heteroatoms. The van der Waals surface area contributed by atoms with Crippen LogP contribution in [-0.4, -0.2) is 19.2 Å². The number of aromatic nitrogens is 1. The van der Waals surface area contributed by atoms with Gasteiger partial charge in [-0.15, -0.1) is 0 Å². The van der Waals surface area contributed by atoms with Crippen LogP contribution in [0.4, 0.5) is 0 Å². The van der Waals surface area contributed by atoms with Crippen molar-refractivity contribution in [2.75, 3.05) is 14.2 Å². The summed E-state index contributed by atoms with van der Waals surface area (Å²) in [6.07, 6.45) is 1.93. The van der Waals surface area contributed by atoms with Gasteiger partial charge in [0.05, 0.1) is 14.2 Å². The molecule has 0 saturated heterocycles. The SMILES string of the molecule is CCCc1cc(Cl)c(OC)nc1OC. The molecule has 0 fully saturated rings. The van der Waals surface area contributed by atoms with Crippen molar-refractivity contribution in [2.45, 2.75) is 19.8 Å². The minimum absolute atomic E-state index is 0.406. The van der Waals surface area contributed by atoms with E-state index in [9.17, 15) is 0 Å². The molecule has 0 N–H and O–H groups in total. The number of nitrogens with zero attached hydrogens (tertiary/aromatic N) is 1. The summed E-state index contributed by atoms with van der Waals surface area (Å²) >= 11 is 5.95. The fourth-order valence-corrected chi connectivity index (χ4v) is 1.51. The van der Waals surface area contributed by atoms with Crippen LogP contribution in [0.15, 0.2) is 6.07 Å². The molecular weight excluding hydrogens is 202 g/mol. The van der Waals surface area contributed by atoms with E-state index in [-0.39, 0.29) is 0 Å². The number of halogens is 1. The van der Waals surface area contributed by atoms with Crippen molar-refractivity contribution in [3.05, 3.63) is 16.7 Å². The molecule has 0 bridgehead atoms. The fourth-order valence-electron chi connectivity index (χ4n) is 1.26. The Labute approximate surface area is 89.0 Å². The third-order valence-corrected chi connectivity index (χ3v) is 2.16. The van der Waals surface area contributed by atoms with Crippen LogP contribution < -0.4 is 9.47 Å². The molecule has 0 aliphatic rings. The third kappa shape index (κ3) is 2.29. The molecule has 0 atom stereocenters. The molecule has 3 nitrogen and oxygen atoms in total. The maximum absolute atomic E-state index is 5.95. The van der Waals surface area contributed by atoms with E-state index >= 15 is 0 Å². The third-order valence-electron chi connectivity index (χ3n) is 1.89. The summed E-state index contributed by atoms with van der Waals surface area (Å²) in [4.78, 5) is 4.15. The minimum atomic E-state index is 0.406. The van der Waals surface area contributed by atoms with Crippen molar-refractivity contribution in [1.29, 1.82) is 0 Å². The molecule has 1 rings (SSSR count). The first kappa shape index (κ1) is 11.1. The highest BCUT2D eigenvalue weighted by atomic mass is 35.5. The average molecular weight is 216 g/mol. The van der Waals surface area contributed by atoms with Gasteiger partial charge in [0.25, 0.3) is 0 Å². The zero-order valence-electron chi connectivity index (χ0n) is 8.63. The molecular formula is C10H14ClNO2. The van der Waals surface area contributed by atoms with Gasteiger partial charge in [-0.2, -0.15) is 4.98 Å². The Morgan fingerprint density at radius 2 is 1.93 bits per heavy atom. The first-order valence-corrected chi connectivity index (χ1v) is 4.88. The molecule has 14 heavy (non-hydrogen) atoms. The maximum Gasteiger partial charge on any atom is 0.235 e. The summed E-state index contributed by atoms with van der Waals surface area (Å²) in [6, 6.07) is 1.84. The lowest BCUT2D eigenvalue weighted by molar-refractivity contribution is 0.361. The van der Waals surface area contributed by atoms with E-state index in [0.29, 0.717) is 16.8 Å². The standard InChI is InChI=1S/C10H14ClNO2/c1-4-5-7-6-8(11)10(14-3)12-9(7)13-2/h6H,4-5H2,1-3H3. The number of methoxy groups -OCH3 is 2. The van der Waals surface area contributed by atoms with Crippen LogP contribution in [0.5, 0.6) is 11.8 Å². The zero-order valence-corrected chi connectivity index (χ0v) is 9.39. The summed E-state index contributed by atoms with van der Waals surface area (Å²) in [5.74, 6) is 0.997. The van der Waals surface area contributed by atoms with Crippen LogP contribution >= 0.6 is 11.6 Å². The molecule has 0 amide bonds. The number of ether oxygens (including phenoxy) is 2. The second-order valence-electron chi connectivity index (χ2n) is 2.90. The first-order chi connectivity index (χ1) is 6.72. The van der Waals surface area contributed by atoms with Gasteiger partial charge in [-0.3, -0.25) is 0 Å². The summed E-state index contributed by atoms with van der Waals surface area (Å²) in [5, 5.41) is 0.525. The van der Waals surface area contributed by atoms with Crippen molar-refractivity contribution in [1.82, 2.24) is 4.98 Å². The van der Waals surface area contributed by atoms with Gasteiger partial charge in [-0.1, -0.05) is 24.9 Å². The van der Waals surface area contributed by atoms with E-state index in [1.807, 2.05) is 6.07 Å². The molecule has 1 heterocycles. The number of rotatable bonds is 4. The fraction of sp³-hybridized carbons (Fsp3) is 0.500. The second kappa shape index (κ2) is 5.05. The predicted octanol–water partition coefficient (Wildman–Crippen LogP) is 2.70. The molecule has 0 aliphatic heterocycles. The Hall–Kier alpha value is -0.960. The normalized spacial score (nSPS) is 10.0. The van der Waals surface area contributed by atoms with Gasteiger partial charge in [-0.05, 0) is 12.5 Å². The second-order valence-corrected chi connectivity index (χ2v) is 3.31. The van der Waals surface area contributed by atoms with Gasteiger partial charge in [0.15, 0.2) is 0 Å². The molecule has 0 spiro atoms. The van der Waals surface area contributed by atoms with Crippen LogP contribution in [-0.2, 0) is 6.42 Å². The summed E-state index contributed by atoms with van der Waals surface area (Å²) in [7, 11) is 3.13. The predicted molar refractivity (Wildman–Crippen MR) is 56.3 cm³/mol. The average Bonchev–Trinajstić information content (AvgIpc) is 2.19.